The zero-order chi connectivity index (χ0) is 17.2. The highest BCUT2D eigenvalue weighted by Crippen LogP contribution is 2.33. The van der Waals surface area contributed by atoms with E-state index in [2.05, 4.69) is 22.6 Å². The van der Waals surface area contributed by atoms with Gasteiger partial charge in [0, 0.05) is 25.4 Å². The minimum atomic E-state index is -2.85. The van der Waals surface area contributed by atoms with Crippen LogP contribution in [0.5, 0.6) is 0 Å². The molecule has 5 nitrogen and oxygen atoms in total. The van der Waals surface area contributed by atoms with Gasteiger partial charge in [-0.2, -0.15) is 0 Å². The summed E-state index contributed by atoms with van der Waals surface area (Å²) >= 11 is 0. The molecule has 3 aliphatic rings. The van der Waals surface area contributed by atoms with Crippen LogP contribution in [-0.4, -0.2) is 63.7 Å². The molecule has 140 valence electrons. The zero-order valence-electron chi connectivity index (χ0n) is 15.3. The van der Waals surface area contributed by atoms with E-state index in [1.54, 1.807) is 0 Å². The number of piperidine rings is 1. The van der Waals surface area contributed by atoms with Gasteiger partial charge in [0.2, 0.25) is 0 Å². The van der Waals surface area contributed by atoms with Crippen LogP contribution in [0.25, 0.3) is 0 Å². The third kappa shape index (κ3) is 4.93. The molecule has 2 heterocycles. The molecule has 3 unspecified atom stereocenters. The van der Waals surface area contributed by atoms with E-state index in [1.165, 1.54) is 45.0 Å². The summed E-state index contributed by atoms with van der Waals surface area (Å²) in [7, 11) is -0.640. The highest BCUT2D eigenvalue weighted by atomic mass is 32.2. The molecule has 3 fully saturated rings. The molecule has 0 bridgehead atoms. The largest absolute Gasteiger partial charge is 0.306 e. The number of hydrogen-bond donors (Lipinski definition) is 2. The van der Waals surface area contributed by atoms with Crippen molar-refractivity contribution < 1.29 is 8.42 Å². The van der Waals surface area contributed by atoms with Gasteiger partial charge < -0.3 is 10.2 Å². The Bertz CT molecular complexity index is 502. The summed E-state index contributed by atoms with van der Waals surface area (Å²) in [5.74, 6) is 1.45. The lowest BCUT2D eigenvalue weighted by atomic mass is 9.80. The van der Waals surface area contributed by atoms with Gasteiger partial charge in [0.1, 0.15) is 9.84 Å². The lowest BCUT2D eigenvalue weighted by molar-refractivity contribution is 0.186. The van der Waals surface area contributed by atoms with E-state index >= 15 is 0 Å². The first kappa shape index (κ1) is 18.6. The fraction of sp³-hybridized carbons (Fsp3) is 1.00. The first-order valence-electron chi connectivity index (χ1n) is 9.78. The normalized spacial score (nSPS) is 39.2. The number of sulfone groups is 1. The first-order valence-corrected chi connectivity index (χ1v) is 11.7. The van der Waals surface area contributed by atoms with Gasteiger partial charge in [-0.25, -0.2) is 8.42 Å². The van der Waals surface area contributed by atoms with Gasteiger partial charge in [-0.15, -0.1) is 0 Å². The van der Waals surface area contributed by atoms with Crippen LogP contribution in [0.15, 0.2) is 0 Å². The molecule has 2 aliphatic heterocycles. The van der Waals surface area contributed by atoms with E-state index in [1.807, 2.05) is 0 Å². The Labute approximate surface area is 147 Å². The quantitative estimate of drug-likeness (QED) is 0.783. The van der Waals surface area contributed by atoms with Gasteiger partial charge in [0.05, 0.1) is 11.4 Å². The lowest BCUT2D eigenvalue weighted by Crippen LogP contribution is -2.54. The average molecular weight is 358 g/mol. The summed E-state index contributed by atoms with van der Waals surface area (Å²) in [6, 6.07) is 0.572. The zero-order valence-corrected chi connectivity index (χ0v) is 16.2. The topological polar surface area (TPSA) is 61.4 Å². The van der Waals surface area contributed by atoms with Crippen molar-refractivity contribution in [3.8, 4) is 0 Å². The molecule has 6 heteroatoms. The van der Waals surface area contributed by atoms with Gasteiger partial charge in [0.15, 0.2) is 0 Å². The molecule has 2 N–H and O–H groups in total. The first-order chi connectivity index (χ1) is 11.4. The highest BCUT2D eigenvalue weighted by Gasteiger charge is 2.34. The van der Waals surface area contributed by atoms with E-state index in [9.17, 15) is 8.42 Å². The standard InChI is InChI=1S/C18H35N3O2S/c1-21-11-10-14(13-21)12-19-18-5-3-4-17(20-18)15-6-8-16(9-7-15)24(2,22)23/h14-20H,3-13H2,1-2H3. The molecule has 3 rings (SSSR count). The van der Waals surface area contributed by atoms with Crippen molar-refractivity contribution >= 4 is 9.84 Å². The summed E-state index contributed by atoms with van der Waals surface area (Å²) < 4.78 is 23.5. The number of nitrogens with one attached hydrogen (secondary N) is 2. The molecule has 0 amide bonds. The van der Waals surface area contributed by atoms with Crippen molar-refractivity contribution in [3.05, 3.63) is 0 Å². The second kappa shape index (κ2) is 8.02. The fourth-order valence-electron chi connectivity index (χ4n) is 4.92. The Morgan fingerprint density at radius 2 is 1.83 bits per heavy atom. The number of likely N-dealkylation sites (tertiary alicyclic amines) is 1. The van der Waals surface area contributed by atoms with Gasteiger partial charge in [-0.1, -0.05) is 0 Å². The van der Waals surface area contributed by atoms with E-state index in [0.717, 1.165) is 38.1 Å². The summed E-state index contributed by atoms with van der Waals surface area (Å²) in [6.45, 7) is 3.57. The number of hydrogen-bond acceptors (Lipinski definition) is 5. The third-order valence-corrected chi connectivity index (χ3v) is 8.14. The van der Waals surface area contributed by atoms with E-state index < -0.39 is 9.84 Å². The van der Waals surface area contributed by atoms with Gasteiger partial charge in [0.25, 0.3) is 0 Å². The minimum Gasteiger partial charge on any atom is -0.306 e. The maximum Gasteiger partial charge on any atom is 0.150 e. The third-order valence-electron chi connectivity index (χ3n) is 6.46. The van der Waals surface area contributed by atoms with Gasteiger partial charge in [-0.05, 0) is 76.8 Å². The SMILES string of the molecule is CN1CCC(CNC2CCCC(C3CCC(S(C)(=O)=O)CC3)N2)C1. The summed E-state index contributed by atoms with van der Waals surface area (Å²) in [6.07, 6.45) is 10.8. The fourth-order valence-corrected chi connectivity index (χ4v) is 6.05. The number of nitrogens with zero attached hydrogens (tertiary/aromatic N) is 1. The Kier molecular flexibility index (Phi) is 6.22. The van der Waals surface area contributed by atoms with Crippen LogP contribution in [0, 0.1) is 11.8 Å². The second-order valence-corrected chi connectivity index (χ2v) is 10.8. The van der Waals surface area contributed by atoms with E-state index in [4.69, 9.17) is 0 Å². The van der Waals surface area contributed by atoms with E-state index in [0.29, 0.717) is 18.1 Å². The van der Waals surface area contributed by atoms with Crippen LogP contribution in [0.3, 0.4) is 0 Å². The maximum absolute atomic E-state index is 11.7. The predicted molar refractivity (Wildman–Crippen MR) is 98.8 cm³/mol. The molecule has 24 heavy (non-hydrogen) atoms. The van der Waals surface area contributed by atoms with Crippen LogP contribution in [0.1, 0.15) is 51.4 Å². The Morgan fingerprint density at radius 1 is 1.08 bits per heavy atom. The molecule has 0 aromatic carbocycles. The summed E-state index contributed by atoms with van der Waals surface area (Å²) in [4.78, 5) is 2.42. The van der Waals surface area contributed by atoms with Crippen LogP contribution >= 0.6 is 0 Å². The van der Waals surface area contributed by atoms with Gasteiger partial charge in [-0.3, -0.25) is 5.32 Å². The lowest BCUT2D eigenvalue weighted by Gasteiger charge is -2.39. The van der Waals surface area contributed by atoms with Crippen molar-refractivity contribution in [3.63, 3.8) is 0 Å². The van der Waals surface area contributed by atoms with Crippen molar-refractivity contribution in [2.75, 3.05) is 32.9 Å². The molecule has 2 saturated heterocycles. The van der Waals surface area contributed by atoms with Crippen molar-refractivity contribution in [2.45, 2.75) is 68.8 Å². The van der Waals surface area contributed by atoms with Crippen molar-refractivity contribution in [1.82, 2.24) is 15.5 Å². The minimum absolute atomic E-state index is 0.0920. The van der Waals surface area contributed by atoms with Gasteiger partial charge >= 0.3 is 0 Å². The molecule has 1 aliphatic carbocycles. The Morgan fingerprint density at radius 3 is 2.46 bits per heavy atom. The Hall–Kier alpha value is -0.170. The van der Waals surface area contributed by atoms with Crippen molar-refractivity contribution in [1.29, 1.82) is 0 Å². The number of rotatable bonds is 5. The Balaban J connectivity index is 1.42. The molecule has 0 spiro atoms. The van der Waals surface area contributed by atoms with Crippen LogP contribution in [0.4, 0.5) is 0 Å². The maximum atomic E-state index is 11.7. The second-order valence-electron chi connectivity index (χ2n) is 8.45. The van der Waals surface area contributed by atoms with E-state index in [-0.39, 0.29) is 5.25 Å². The van der Waals surface area contributed by atoms with Crippen LogP contribution in [-0.2, 0) is 9.84 Å². The predicted octanol–water partition coefficient (Wildman–Crippen LogP) is 1.60. The smallest absolute Gasteiger partial charge is 0.150 e. The molecule has 0 aromatic rings. The van der Waals surface area contributed by atoms with Crippen LogP contribution in [0.2, 0.25) is 0 Å². The molecule has 1 saturated carbocycles. The van der Waals surface area contributed by atoms with Crippen molar-refractivity contribution in [2.24, 2.45) is 11.8 Å². The molecule has 0 aromatic heterocycles. The molecular formula is C18H35N3O2S. The highest BCUT2D eigenvalue weighted by molar-refractivity contribution is 7.91. The summed E-state index contributed by atoms with van der Waals surface area (Å²) in [5.41, 5.74) is 0. The monoisotopic (exact) mass is 357 g/mol. The average Bonchev–Trinajstić information content (AvgIpc) is 2.98. The summed E-state index contributed by atoms with van der Waals surface area (Å²) in [5, 5.41) is 7.50. The molecular weight excluding hydrogens is 322 g/mol. The molecule has 3 atom stereocenters. The molecule has 0 radical (unpaired) electrons. The van der Waals surface area contributed by atoms with Crippen LogP contribution < -0.4 is 10.6 Å².